The topological polar surface area (TPSA) is 75.7 Å². The molecular weight excluding hydrogens is 212 g/mol. The SMILES string of the molecule is CCOCCCC(=O)N1CC(=O)NC(=O)C1. The van der Waals surface area contributed by atoms with Crippen LogP contribution in [0.2, 0.25) is 0 Å². The molecule has 1 aliphatic rings. The van der Waals surface area contributed by atoms with Gasteiger partial charge < -0.3 is 9.64 Å². The molecule has 0 bridgehead atoms. The van der Waals surface area contributed by atoms with Gasteiger partial charge in [0.2, 0.25) is 17.7 Å². The minimum Gasteiger partial charge on any atom is -0.382 e. The van der Waals surface area contributed by atoms with E-state index < -0.39 is 11.8 Å². The van der Waals surface area contributed by atoms with Gasteiger partial charge in [0.05, 0.1) is 0 Å². The fourth-order valence-corrected chi connectivity index (χ4v) is 1.44. The molecule has 0 aromatic rings. The minimum absolute atomic E-state index is 0.0286. The van der Waals surface area contributed by atoms with Gasteiger partial charge in [0.1, 0.15) is 13.1 Å². The summed E-state index contributed by atoms with van der Waals surface area (Å²) in [5.74, 6) is -1.02. The van der Waals surface area contributed by atoms with Crippen molar-refractivity contribution >= 4 is 17.7 Å². The Balaban J connectivity index is 2.30. The number of ether oxygens (including phenoxy) is 1. The zero-order valence-electron chi connectivity index (χ0n) is 9.32. The van der Waals surface area contributed by atoms with Crippen molar-refractivity contribution in [3.63, 3.8) is 0 Å². The van der Waals surface area contributed by atoms with E-state index in [1.165, 1.54) is 4.90 Å². The number of imide groups is 1. The number of nitrogens with one attached hydrogen (secondary N) is 1. The third-order valence-electron chi connectivity index (χ3n) is 2.18. The van der Waals surface area contributed by atoms with Gasteiger partial charge in [0.25, 0.3) is 0 Å². The predicted octanol–water partition coefficient (Wildman–Crippen LogP) is -0.712. The van der Waals surface area contributed by atoms with Crippen molar-refractivity contribution in [1.29, 1.82) is 0 Å². The Morgan fingerprint density at radius 3 is 2.56 bits per heavy atom. The Hall–Kier alpha value is -1.43. The van der Waals surface area contributed by atoms with E-state index in [0.29, 0.717) is 26.1 Å². The van der Waals surface area contributed by atoms with Crippen LogP contribution in [0.5, 0.6) is 0 Å². The average Bonchev–Trinajstić information content (AvgIpc) is 2.22. The van der Waals surface area contributed by atoms with E-state index in [1.807, 2.05) is 6.92 Å². The zero-order valence-corrected chi connectivity index (χ0v) is 9.32. The second kappa shape index (κ2) is 6.22. The van der Waals surface area contributed by atoms with E-state index in [1.54, 1.807) is 0 Å². The number of carbonyl (C=O) groups excluding carboxylic acids is 3. The van der Waals surface area contributed by atoms with E-state index in [-0.39, 0.29) is 19.0 Å². The lowest BCUT2D eigenvalue weighted by atomic mass is 10.2. The highest BCUT2D eigenvalue weighted by Gasteiger charge is 2.25. The van der Waals surface area contributed by atoms with Gasteiger partial charge in [-0.2, -0.15) is 0 Å². The summed E-state index contributed by atoms with van der Waals surface area (Å²) in [6.07, 6.45) is 0.916. The number of amides is 3. The molecule has 0 aromatic heterocycles. The van der Waals surface area contributed by atoms with Crippen LogP contribution < -0.4 is 5.32 Å². The van der Waals surface area contributed by atoms with Crippen LogP contribution in [0.3, 0.4) is 0 Å². The first-order valence-corrected chi connectivity index (χ1v) is 5.31. The van der Waals surface area contributed by atoms with E-state index >= 15 is 0 Å². The fraction of sp³-hybridized carbons (Fsp3) is 0.700. The number of nitrogens with zero attached hydrogens (tertiary/aromatic N) is 1. The van der Waals surface area contributed by atoms with Gasteiger partial charge >= 0.3 is 0 Å². The molecule has 1 fully saturated rings. The quantitative estimate of drug-likeness (QED) is 0.498. The second-order valence-electron chi connectivity index (χ2n) is 3.52. The lowest BCUT2D eigenvalue weighted by molar-refractivity contribution is -0.145. The van der Waals surface area contributed by atoms with Crippen LogP contribution >= 0.6 is 0 Å². The van der Waals surface area contributed by atoms with Crippen LogP contribution in [0.4, 0.5) is 0 Å². The molecule has 1 rings (SSSR count). The molecule has 16 heavy (non-hydrogen) atoms. The normalized spacial score (nSPS) is 16.2. The highest BCUT2D eigenvalue weighted by molar-refractivity contribution is 6.02. The molecule has 0 unspecified atom stereocenters. The van der Waals surface area contributed by atoms with Crippen molar-refractivity contribution in [3.05, 3.63) is 0 Å². The van der Waals surface area contributed by atoms with Crippen molar-refractivity contribution in [2.75, 3.05) is 26.3 Å². The van der Waals surface area contributed by atoms with Crippen LogP contribution in [0.15, 0.2) is 0 Å². The summed E-state index contributed by atoms with van der Waals surface area (Å²) in [6.45, 7) is 2.98. The Labute approximate surface area is 93.9 Å². The van der Waals surface area contributed by atoms with Gasteiger partial charge in [-0.3, -0.25) is 19.7 Å². The summed E-state index contributed by atoms with van der Waals surface area (Å²) in [5, 5.41) is 2.14. The molecular formula is C10H16N2O4. The number of piperazine rings is 1. The van der Waals surface area contributed by atoms with Gasteiger partial charge in [-0.15, -0.1) is 0 Å². The van der Waals surface area contributed by atoms with Crippen LogP contribution in [-0.4, -0.2) is 48.9 Å². The summed E-state index contributed by atoms with van der Waals surface area (Å²) >= 11 is 0. The van der Waals surface area contributed by atoms with E-state index in [4.69, 9.17) is 4.74 Å². The number of carbonyl (C=O) groups is 3. The van der Waals surface area contributed by atoms with Gasteiger partial charge in [-0.1, -0.05) is 0 Å². The summed E-state index contributed by atoms with van der Waals surface area (Å²) < 4.78 is 5.10. The summed E-state index contributed by atoms with van der Waals surface area (Å²) in [6, 6.07) is 0. The first-order chi connectivity index (χ1) is 7.63. The molecule has 0 spiro atoms. The molecule has 1 aliphatic heterocycles. The summed E-state index contributed by atoms with van der Waals surface area (Å²) in [7, 11) is 0. The third kappa shape index (κ3) is 3.98. The number of hydrogen-bond donors (Lipinski definition) is 1. The molecule has 6 nitrogen and oxygen atoms in total. The van der Waals surface area contributed by atoms with Crippen LogP contribution in [-0.2, 0) is 19.1 Å². The monoisotopic (exact) mass is 228 g/mol. The molecule has 1 saturated heterocycles. The Morgan fingerprint density at radius 2 is 2.00 bits per heavy atom. The molecule has 0 aromatic carbocycles. The molecule has 1 heterocycles. The van der Waals surface area contributed by atoms with Gasteiger partial charge in [0, 0.05) is 19.6 Å². The van der Waals surface area contributed by atoms with Crippen molar-refractivity contribution < 1.29 is 19.1 Å². The first-order valence-electron chi connectivity index (χ1n) is 5.31. The highest BCUT2D eigenvalue weighted by atomic mass is 16.5. The van der Waals surface area contributed by atoms with Crippen LogP contribution in [0.1, 0.15) is 19.8 Å². The van der Waals surface area contributed by atoms with E-state index in [0.717, 1.165) is 0 Å². The number of rotatable bonds is 5. The molecule has 0 saturated carbocycles. The van der Waals surface area contributed by atoms with Crippen molar-refractivity contribution in [2.24, 2.45) is 0 Å². The average molecular weight is 228 g/mol. The van der Waals surface area contributed by atoms with Crippen LogP contribution in [0.25, 0.3) is 0 Å². The summed E-state index contributed by atoms with van der Waals surface area (Å²) in [4.78, 5) is 34.9. The van der Waals surface area contributed by atoms with E-state index in [9.17, 15) is 14.4 Å². The molecule has 0 radical (unpaired) electrons. The first kappa shape index (κ1) is 12.6. The standard InChI is InChI=1S/C10H16N2O4/c1-2-16-5-3-4-10(15)12-6-8(13)11-9(14)7-12/h2-7H2,1H3,(H,11,13,14). The maximum Gasteiger partial charge on any atom is 0.246 e. The Morgan fingerprint density at radius 1 is 1.38 bits per heavy atom. The van der Waals surface area contributed by atoms with Gasteiger partial charge in [0.15, 0.2) is 0 Å². The smallest absolute Gasteiger partial charge is 0.246 e. The summed E-state index contributed by atoms with van der Waals surface area (Å²) in [5.41, 5.74) is 0. The largest absolute Gasteiger partial charge is 0.382 e. The molecule has 0 atom stereocenters. The van der Waals surface area contributed by atoms with Gasteiger partial charge in [-0.05, 0) is 13.3 Å². The third-order valence-corrected chi connectivity index (χ3v) is 2.18. The van der Waals surface area contributed by atoms with Crippen LogP contribution in [0, 0.1) is 0 Å². The lowest BCUT2D eigenvalue weighted by Crippen LogP contribution is -2.53. The maximum atomic E-state index is 11.6. The molecule has 3 amide bonds. The predicted molar refractivity (Wildman–Crippen MR) is 55.5 cm³/mol. The van der Waals surface area contributed by atoms with Gasteiger partial charge in [-0.25, -0.2) is 0 Å². The van der Waals surface area contributed by atoms with E-state index in [2.05, 4.69) is 5.32 Å². The molecule has 1 N–H and O–H groups in total. The highest BCUT2D eigenvalue weighted by Crippen LogP contribution is 2.01. The lowest BCUT2D eigenvalue weighted by Gasteiger charge is -2.25. The Bertz CT molecular complexity index is 275. The van der Waals surface area contributed by atoms with Crippen molar-refractivity contribution in [2.45, 2.75) is 19.8 Å². The minimum atomic E-state index is -0.422. The Kier molecular flexibility index (Phi) is 4.91. The molecule has 6 heteroatoms. The van der Waals surface area contributed by atoms with Crippen molar-refractivity contribution in [3.8, 4) is 0 Å². The molecule has 90 valence electrons. The zero-order chi connectivity index (χ0) is 12.0. The number of hydrogen-bond acceptors (Lipinski definition) is 4. The second-order valence-corrected chi connectivity index (χ2v) is 3.52. The maximum absolute atomic E-state index is 11.6. The fourth-order valence-electron chi connectivity index (χ4n) is 1.44. The van der Waals surface area contributed by atoms with Crippen molar-refractivity contribution in [1.82, 2.24) is 10.2 Å². The molecule has 0 aliphatic carbocycles.